The molecule has 2 N–H and O–H groups in total. The molecule has 212 valence electrons. The Morgan fingerprint density at radius 2 is 1.47 bits per heavy atom. The number of fused-ring (bicyclic) bond motifs is 1. The topological polar surface area (TPSA) is 93.2 Å². The summed E-state index contributed by atoms with van der Waals surface area (Å²) in [5.74, 6) is 1.04. The molecule has 3 aromatic carbocycles. The molecule has 1 unspecified atom stereocenters. The van der Waals surface area contributed by atoms with Crippen LogP contribution in [0.5, 0.6) is 0 Å². The predicted octanol–water partition coefficient (Wildman–Crippen LogP) is 7.74. The van der Waals surface area contributed by atoms with Crippen molar-refractivity contribution >= 4 is 22.7 Å². The Hall–Kier alpha value is -5.43. The van der Waals surface area contributed by atoms with Gasteiger partial charge in [-0.05, 0) is 59.7 Å². The van der Waals surface area contributed by atoms with Crippen molar-refractivity contribution in [3.63, 3.8) is 0 Å². The summed E-state index contributed by atoms with van der Waals surface area (Å²) in [7, 11) is 0. The number of hydrogen-bond acceptors (Lipinski definition) is 4. The highest BCUT2D eigenvalue weighted by atomic mass is 16.4. The van der Waals surface area contributed by atoms with Gasteiger partial charge in [0.1, 0.15) is 11.2 Å². The van der Waals surface area contributed by atoms with Gasteiger partial charge in [-0.2, -0.15) is 0 Å². The zero-order valence-electron chi connectivity index (χ0n) is 23.4. The SMILES string of the molecule is O=C(O)NC1CCC=C(c2nc(-c3ccco3)nc3c2ccn3C(c2ccccc2)(c2ccccc2)c2ccccc2)C1. The van der Waals surface area contributed by atoms with Crippen LogP contribution in [0.3, 0.4) is 0 Å². The first kappa shape index (κ1) is 26.5. The highest BCUT2D eigenvalue weighted by molar-refractivity contribution is 5.91. The van der Waals surface area contributed by atoms with Crippen molar-refractivity contribution in [1.82, 2.24) is 19.9 Å². The van der Waals surface area contributed by atoms with E-state index in [1.54, 1.807) is 6.26 Å². The number of carboxylic acid groups (broad SMARTS) is 1. The molecule has 1 aliphatic carbocycles. The molecule has 1 amide bonds. The Labute approximate surface area is 249 Å². The second-order valence-corrected chi connectivity index (χ2v) is 10.8. The summed E-state index contributed by atoms with van der Waals surface area (Å²) >= 11 is 0. The minimum absolute atomic E-state index is 0.186. The third-order valence-corrected chi connectivity index (χ3v) is 8.23. The van der Waals surface area contributed by atoms with Crippen LogP contribution in [0.4, 0.5) is 4.79 Å². The van der Waals surface area contributed by atoms with Crippen molar-refractivity contribution in [2.24, 2.45) is 0 Å². The molecule has 6 aromatic rings. The lowest BCUT2D eigenvalue weighted by atomic mass is 9.76. The van der Waals surface area contributed by atoms with E-state index < -0.39 is 11.6 Å². The number of furan rings is 1. The maximum absolute atomic E-state index is 11.5. The molecule has 7 rings (SSSR count). The lowest BCUT2D eigenvalue weighted by Crippen LogP contribution is -2.37. The van der Waals surface area contributed by atoms with Gasteiger partial charge in [-0.3, -0.25) is 0 Å². The number of carbonyl (C=O) groups is 1. The monoisotopic (exact) mass is 566 g/mol. The van der Waals surface area contributed by atoms with Gasteiger partial charge in [0.15, 0.2) is 11.6 Å². The molecule has 3 aromatic heterocycles. The van der Waals surface area contributed by atoms with Crippen LogP contribution in [-0.4, -0.2) is 31.8 Å². The van der Waals surface area contributed by atoms with Gasteiger partial charge < -0.3 is 19.4 Å². The molecule has 7 heteroatoms. The zero-order valence-corrected chi connectivity index (χ0v) is 23.4. The van der Waals surface area contributed by atoms with Crippen molar-refractivity contribution in [2.75, 3.05) is 0 Å². The number of nitrogens with zero attached hydrogens (tertiary/aromatic N) is 3. The fraction of sp³-hybridized carbons (Fsp3) is 0.139. The lowest BCUT2D eigenvalue weighted by Gasteiger charge is -2.38. The molecule has 0 bridgehead atoms. The molecular weight excluding hydrogens is 536 g/mol. The number of nitrogens with one attached hydrogen (secondary N) is 1. The highest BCUT2D eigenvalue weighted by Crippen LogP contribution is 2.44. The van der Waals surface area contributed by atoms with Crippen LogP contribution in [0.1, 0.15) is 41.6 Å². The van der Waals surface area contributed by atoms with E-state index >= 15 is 0 Å². The second-order valence-electron chi connectivity index (χ2n) is 10.8. The average Bonchev–Trinajstić information content (AvgIpc) is 3.74. The van der Waals surface area contributed by atoms with Crippen molar-refractivity contribution in [2.45, 2.75) is 30.8 Å². The molecule has 0 fully saturated rings. The van der Waals surface area contributed by atoms with Gasteiger partial charge in [0, 0.05) is 17.6 Å². The van der Waals surface area contributed by atoms with E-state index in [4.69, 9.17) is 14.4 Å². The summed E-state index contributed by atoms with van der Waals surface area (Å²) in [6.07, 6.45) is 6.92. The van der Waals surface area contributed by atoms with E-state index in [-0.39, 0.29) is 6.04 Å². The Balaban J connectivity index is 1.54. The summed E-state index contributed by atoms with van der Waals surface area (Å²) in [6, 6.07) is 37.0. The van der Waals surface area contributed by atoms with Gasteiger partial charge in [0.05, 0.1) is 12.0 Å². The maximum Gasteiger partial charge on any atom is 0.404 e. The Morgan fingerprint density at radius 3 is 2.02 bits per heavy atom. The van der Waals surface area contributed by atoms with Gasteiger partial charge in [0.25, 0.3) is 0 Å². The Bertz CT molecular complexity index is 1800. The van der Waals surface area contributed by atoms with Crippen molar-refractivity contribution < 1.29 is 14.3 Å². The summed E-state index contributed by atoms with van der Waals surface area (Å²) in [4.78, 5) is 21.7. The van der Waals surface area contributed by atoms with Gasteiger partial charge in [-0.15, -0.1) is 0 Å². The number of rotatable bonds is 7. The van der Waals surface area contributed by atoms with Crippen molar-refractivity contribution in [3.05, 3.63) is 150 Å². The van der Waals surface area contributed by atoms with E-state index in [1.807, 2.05) is 30.3 Å². The fourth-order valence-corrected chi connectivity index (χ4v) is 6.40. The molecule has 0 radical (unpaired) electrons. The summed E-state index contributed by atoms with van der Waals surface area (Å²) in [5, 5.41) is 13.0. The number of hydrogen-bond donors (Lipinski definition) is 2. The number of allylic oxidation sites excluding steroid dienone is 1. The third-order valence-electron chi connectivity index (χ3n) is 8.23. The minimum Gasteiger partial charge on any atom is -0.465 e. The first-order chi connectivity index (χ1) is 21.1. The number of benzene rings is 3. The minimum atomic E-state index is -1.01. The van der Waals surface area contributed by atoms with Gasteiger partial charge in [0.2, 0.25) is 0 Å². The predicted molar refractivity (Wildman–Crippen MR) is 167 cm³/mol. The Kier molecular flexibility index (Phi) is 6.83. The number of aromatic nitrogens is 3. The molecule has 0 aliphatic heterocycles. The maximum atomic E-state index is 11.5. The van der Waals surface area contributed by atoms with Crippen LogP contribution in [-0.2, 0) is 5.54 Å². The quantitative estimate of drug-likeness (QED) is 0.193. The van der Waals surface area contributed by atoms with Gasteiger partial charge >= 0.3 is 6.09 Å². The first-order valence-electron chi connectivity index (χ1n) is 14.4. The van der Waals surface area contributed by atoms with Crippen LogP contribution in [0.2, 0.25) is 0 Å². The molecular formula is C36H30N4O3. The largest absolute Gasteiger partial charge is 0.465 e. The Morgan fingerprint density at radius 1 is 0.837 bits per heavy atom. The molecule has 1 aliphatic rings. The van der Waals surface area contributed by atoms with E-state index in [0.29, 0.717) is 18.0 Å². The lowest BCUT2D eigenvalue weighted by molar-refractivity contribution is 0.189. The summed E-state index contributed by atoms with van der Waals surface area (Å²) < 4.78 is 8.04. The third kappa shape index (κ3) is 4.69. The van der Waals surface area contributed by atoms with Crippen LogP contribution < -0.4 is 5.32 Å². The second kappa shape index (κ2) is 11.1. The summed E-state index contributed by atoms with van der Waals surface area (Å²) in [6.45, 7) is 0. The van der Waals surface area contributed by atoms with Crippen LogP contribution in [0.15, 0.2) is 132 Å². The van der Waals surface area contributed by atoms with Crippen molar-refractivity contribution in [1.29, 1.82) is 0 Å². The normalized spacial score (nSPS) is 15.3. The summed E-state index contributed by atoms with van der Waals surface area (Å²) in [5.41, 5.74) is 5.04. The molecule has 0 spiro atoms. The molecule has 43 heavy (non-hydrogen) atoms. The molecule has 3 heterocycles. The van der Waals surface area contributed by atoms with Gasteiger partial charge in [-0.1, -0.05) is 97.1 Å². The van der Waals surface area contributed by atoms with E-state index in [1.165, 1.54) is 0 Å². The van der Waals surface area contributed by atoms with E-state index in [9.17, 15) is 9.90 Å². The van der Waals surface area contributed by atoms with E-state index in [0.717, 1.165) is 51.8 Å². The first-order valence-corrected chi connectivity index (χ1v) is 14.4. The average molecular weight is 567 g/mol. The standard InChI is InChI=1S/C36H30N4O3/c41-35(42)37-29-19-10-12-25(24-29)32-30-21-22-40(34(30)39-33(38-32)31-20-11-23-43-31)36(26-13-4-1-5-14-26,27-15-6-2-7-16-27)28-17-8-3-9-18-28/h1-9,11-18,20-23,29,37H,10,19,24H2,(H,41,42). The van der Waals surface area contributed by atoms with E-state index in [2.05, 4.69) is 101 Å². The van der Waals surface area contributed by atoms with Gasteiger partial charge in [-0.25, -0.2) is 14.8 Å². The molecule has 0 saturated heterocycles. The van der Waals surface area contributed by atoms with Crippen LogP contribution in [0, 0.1) is 0 Å². The highest BCUT2D eigenvalue weighted by Gasteiger charge is 2.40. The molecule has 7 nitrogen and oxygen atoms in total. The van der Waals surface area contributed by atoms with Crippen LogP contribution in [0.25, 0.3) is 28.2 Å². The smallest absolute Gasteiger partial charge is 0.404 e. The zero-order chi connectivity index (χ0) is 29.2. The fourth-order valence-electron chi connectivity index (χ4n) is 6.40. The van der Waals surface area contributed by atoms with Crippen LogP contribution >= 0.6 is 0 Å². The number of amides is 1. The molecule has 0 saturated carbocycles. The van der Waals surface area contributed by atoms with Crippen molar-refractivity contribution in [3.8, 4) is 11.6 Å². The molecule has 1 atom stereocenters.